The maximum atomic E-state index is 12.1. The average Bonchev–Trinajstić information content (AvgIpc) is 2.97. The van der Waals surface area contributed by atoms with E-state index in [2.05, 4.69) is 11.0 Å². The normalized spacial score (nSPS) is 16.9. The minimum Gasteiger partial charge on any atom is -0.480 e. The van der Waals surface area contributed by atoms with Gasteiger partial charge in [0.2, 0.25) is 0 Å². The number of carbonyl (C=O) groups is 2. The second-order valence-corrected chi connectivity index (χ2v) is 6.76. The molecule has 1 aromatic carbocycles. The number of piperazine rings is 1. The van der Waals surface area contributed by atoms with E-state index in [0.29, 0.717) is 50.1 Å². The first-order valence-electron chi connectivity index (χ1n) is 8.81. The zero-order valence-corrected chi connectivity index (χ0v) is 15.1. The van der Waals surface area contributed by atoms with Crippen molar-refractivity contribution in [1.82, 2.24) is 14.4 Å². The summed E-state index contributed by atoms with van der Waals surface area (Å²) in [4.78, 5) is 27.5. The number of carboxylic acids is 2. The van der Waals surface area contributed by atoms with Crippen LogP contribution in [-0.2, 0) is 11.8 Å². The number of hydrogen-bond donors (Lipinski definition) is 2. The smallest absolute Gasteiger partial charge is 0.335 e. The van der Waals surface area contributed by atoms with Crippen LogP contribution in [0.2, 0.25) is 0 Å². The molecule has 1 aliphatic rings. The quantitative estimate of drug-likeness (QED) is 0.793. The van der Waals surface area contributed by atoms with Gasteiger partial charge in [-0.1, -0.05) is 0 Å². The highest BCUT2D eigenvalue weighted by molar-refractivity contribution is 5.96. The second kappa shape index (κ2) is 7.78. The molecule has 0 aliphatic carbocycles. The zero-order valence-electron chi connectivity index (χ0n) is 15.1. The molecule has 8 heteroatoms. The van der Waals surface area contributed by atoms with Gasteiger partial charge in [0.05, 0.1) is 11.6 Å². The number of fused-ring (bicyclic) bond motifs is 1. The highest BCUT2D eigenvalue weighted by Crippen LogP contribution is 2.31. The third-order valence-corrected chi connectivity index (χ3v) is 5.11. The molecular formula is C19H22N4O4. The van der Waals surface area contributed by atoms with E-state index in [4.69, 9.17) is 5.26 Å². The van der Waals surface area contributed by atoms with Crippen LogP contribution in [0.4, 0.5) is 0 Å². The lowest BCUT2D eigenvalue weighted by Gasteiger charge is -2.37. The van der Waals surface area contributed by atoms with E-state index in [0.717, 1.165) is 5.52 Å². The number of aryl methyl sites for hydroxylation is 1. The molecule has 2 N–H and O–H groups in total. The Morgan fingerprint density at radius 3 is 2.52 bits per heavy atom. The van der Waals surface area contributed by atoms with Crippen LogP contribution in [-0.4, -0.2) is 69.2 Å². The van der Waals surface area contributed by atoms with Gasteiger partial charge in [-0.05, 0) is 18.2 Å². The zero-order chi connectivity index (χ0) is 19.6. The molecule has 2 heterocycles. The van der Waals surface area contributed by atoms with Crippen LogP contribution in [0.15, 0.2) is 24.4 Å². The van der Waals surface area contributed by atoms with Crippen molar-refractivity contribution in [3.63, 3.8) is 0 Å². The van der Waals surface area contributed by atoms with Crippen LogP contribution in [0.1, 0.15) is 28.4 Å². The van der Waals surface area contributed by atoms with Crippen molar-refractivity contribution >= 4 is 22.8 Å². The second-order valence-electron chi connectivity index (χ2n) is 6.76. The third kappa shape index (κ3) is 3.79. The van der Waals surface area contributed by atoms with Gasteiger partial charge in [0.25, 0.3) is 0 Å². The average molecular weight is 370 g/mol. The Balaban J connectivity index is 1.92. The summed E-state index contributed by atoms with van der Waals surface area (Å²) >= 11 is 0. The number of hydrogen-bond acceptors (Lipinski definition) is 5. The van der Waals surface area contributed by atoms with E-state index in [-0.39, 0.29) is 5.56 Å². The fourth-order valence-corrected chi connectivity index (χ4v) is 3.71. The van der Waals surface area contributed by atoms with Gasteiger partial charge in [-0.15, -0.1) is 0 Å². The molecule has 3 rings (SSSR count). The lowest BCUT2D eigenvalue weighted by molar-refractivity contribution is -0.144. The molecule has 27 heavy (non-hydrogen) atoms. The molecule has 1 aromatic heterocycles. The molecular weight excluding hydrogens is 348 g/mol. The first kappa shape index (κ1) is 18.9. The maximum Gasteiger partial charge on any atom is 0.335 e. The molecule has 0 saturated carbocycles. The van der Waals surface area contributed by atoms with Crippen LogP contribution in [0, 0.1) is 11.3 Å². The molecule has 1 saturated heterocycles. The number of nitrogens with zero attached hydrogens (tertiary/aromatic N) is 4. The molecule has 0 unspecified atom stereocenters. The molecule has 1 aliphatic heterocycles. The third-order valence-electron chi connectivity index (χ3n) is 5.11. The van der Waals surface area contributed by atoms with Gasteiger partial charge in [-0.3, -0.25) is 14.6 Å². The van der Waals surface area contributed by atoms with Gasteiger partial charge in [0.1, 0.15) is 6.04 Å². The lowest BCUT2D eigenvalue weighted by atomic mass is 10.0. The highest BCUT2D eigenvalue weighted by Gasteiger charge is 2.32. The van der Waals surface area contributed by atoms with Crippen LogP contribution in [0.3, 0.4) is 0 Å². The van der Waals surface area contributed by atoms with E-state index >= 15 is 0 Å². The number of aromatic carboxylic acids is 1. The SMILES string of the molecule is Cn1cc([C@@H](C(=O)O)N2CCN(CCC#N)CC2)c2cc(C(=O)O)ccc21. The van der Waals surface area contributed by atoms with Gasteiger partial charge in [0, 0.05) is 68.9 Å². The predicted molar refractivity (Wildman–Crippen MR) is 98.5 cm³/mol. The fourth-order valence-electron chi connectivity index (χ4n) is 3.71. The van der Waals surface area contributed by atoms with Gasteiger partial charge in [0.15, 0.2) is 0 Å². The Kier molecular flexibility index (Phi) is 5.44. The number of nitriles is 1. The molecule has 0 bridgehead atoms. The molecule has 0 radical (unpaired) electrons. The Morgan fingerprint density at radius 2 is 1.93 bits per heavy atom. The minimum absolute atomic E-state index is 0.139. The summed E-state index contributed by atoms with van der Waals surface area (Å²) in [6.07, 6.45) is 2.24. The highest BCUT2D eigenvalue weighted by atomic mass is 16.4. The summed E-state index contributed by atoms with van der Waals surface area (Å²) in [5.74, 6) is -1.99. The van der Waals surface area contributed by atoms with Crippen LogP contribution < -0.4 is 0 Å². The van der Waals surface area contributed by atoms with Gasteiger partial charge >= 0.3 is 11.9 Å². The Morgan fingerprint density at radius 1 is 1.22 bits per heavy atom. The van der Waals surface area contributed by atoms with Crippen molar-refractivity contribution in [1.29, 1.82) is 5.26 Å². The number of rotatable bonds is 6. The van der Waals surface area contributed by atoms with E-state index in [9.17, 15) is 19.8 Å². The Bertz CT molecular complexity index is 906. The topological polar surface area (TPSA) is 110 Å². The van der Waals surface area contributed by atoms with Crippen molar-refractivity contribution in [3.8, 4) is 6.07 Å². The minimum atomic E-state index is -1.04. The molecule has 0 amide bonds. The van der Waals surface area contributed by atoms with Crippen molar-refractivity contribution < 1.29 is 19.8 Å². The molecule has 8 nitrogen and oxygen atoms in total. The number of aromatic nitrogens is 1. The van der Waals surface area contributed by atoms with E-state index < -0.39 is 18.0 Å². The predicted octanol–water partition coefficient (Wildman–Crippen LogP) is 1.53. The summed E-state index contributed by atoms with van der Waals surface area (Å²) in [7, 11) is 1.82. The number of aliphatic carboxylic acids is 1. The van der Waals surface area contributed by atoms with E-state index in [1.807, 2.05) is 16.5 Å². The van der Waals surface area contributed by atoms with Crippen molar-refractivity contribution in [2.45, 2.75) is 12.5 Å². The molecule has 142 valence electrons. The summed E-state index contributed by atoms with van der Waals surface area (Å²) in [5, 5.41) is 28.5. The fraction of sp³-hybridized carbons (Fsp3) is 0.421. The molecule has 1 fully saturated rings. The molecule has 1 atom stereocenters. The summed E-state index contributed by atoms with van der Waals surface area (Å²) in [6.45, 7) is 3.26. The molecule has 0 spiro atoms. The number of benzene rings is 1. The Hall–Kier alpha value is -2.89. The maximum absolute atomic E-state index is 12.1. The summed E-state index contributed by atoms with van der Waals surface area (Å²) < 4.78 is 1.83. The standard InChI is InChI=1S/C19H22N4O4/c1-21-12-15(14-11-13(18(24)25)3-4-16(14)21)17(19(26)27)23-9-7-22(8-10-23)6-2-5-20/h3-4,11-12,17H,2,6-10H2,1H3,(H,24,25)(H,26,27)/t17-/m0/s1. The first-order chi connectivity index (χ1) is 12.9. The van der Waals surface area contributed by atoms with E-state index in [1.54, 1.807) is 18.3 Å². The summed E-state index contributed by atoms with van der Waals surface area (Å²) in [6, 6.07) is 6.08. The van der Waals surface area contributed by atoms with Crippen molar-refractivity contribution in [3.05, 3.63) is 35.5 Å². The first-order valence-corrected chi connectivity index (χ1v) is 8.81. The van der Waals surface area contributed by atoms with Gasteiger partial charge in [-0.25, -0.2) is 4.79 Å². The van der Waals surface area contributed by atoms with Gasteiger partial charge in [-0.2, -0.15) is 5.26 Å². The van der Waals surface area contributed by atoms with Gasteiger partial charge < -0.3 is 14.8 Å². The van der Waals surface area contributed by atoms with Crippen molar-refractivity contribution in [2.24, 2.45) is 7.05 Å². The summed E-state index contributed by atoms with van der Waals surface area (Å²) in [5.41, 5.74) is 1.54. The van der Waals surface area contributed by atoms with Crippen LogP contribution in [0.5, 0.6) is 0 Å². The van der Waals surface area contributed by atoms with Crippen molar-refractivity contribution in [2.75, 3.05) is 32.7 Å². The largest absolute Gasteiger partial charge is 0.480 e. The monoisotopic (exact) mass is 370 g/mol. The molecule has 2 aromatic rings. The Labute approximate surface area is 156 Å². The van der Waals surface area contributed by atoms with E-state index in [1.165, 1.54) is 6.07 Å². The van der Waals surface area contributed by atoms with Crippen LogP contribution in [0.25, 0.3) is 10.9 Å². The number of carboxylic acid groups (broad SMARTS) is 2. The lowest BCUT2D eigenvalue weighted by Crippen LogP contribution is -2.49. The van der Waals surface area contributed by atoms with Crippen LogP contribution >= 0.6 is 0 Å².